The van der Waals surface area contributed by atoms with Crippen LogP contribution in [0.2, 0.25) is 0 Å². The highest BCUT2D eigenvalue weighted by molar-refractivity contribution is 5.02. The summed E-state index contributed by atoms with van der Waals surface area (Å²) in [6.07, 6.45) is 2.22. The number of hydrogen-bond acceptors (Lipinski definition) is 2. The minimum atomic E-state index is 0.248. The average Bonchev–Trinajstić information content (AvgIpc) is 2.60. The molecule has 0 radical (unpaired) electrons. The van der Waals surface area contributed by atoms with Gasteiger partial charge in [0.25, 0.3) is 0 Å². The van der Waals surface area contributed by atoms with Gasteiger partial charge in [0.1, 0.15) is 0 Å². The lowest BCUT2D eigenvalue weighted by Crippen LogP contribution is -2.46. The maximum absolute atomic E-state index is 3.46. The normalized spacial score (nSPS) is 28.8. The molecule has 2 atom stereocenters. The van der Waals surface area contributed by atoms with Crippen LogP contribution in [0.25, 0.3) is 0 Å². The minimum Gasteiger partial charge on any atom is -0.314 e. The maximum atomic E-state index is 3.46. The molecule has 16 heavy (non-hydrogen) atoms. The molecule has 0 aromatic carbocycles. The van der Waals surface area contributed by atoms with E-state index in [2.05, 4.69) is 58.0 Å². The third-order valence-corrected chi connectivity index (χ3v) is 4.23. The van der Waals surface area contributed by atoms with Crippen LogP contribution in [0.3, 0.4) is 0 Å². The second-order valence-electron chi connectivity index (χ2n) is 5.88. The Hall–Kier alpha value is -0.340. The topological polar surface area (TPSA) is 15.3 Å². The number of nitrogens with zero attached hydrogens (tertiary/aromatic N) is 1. The molecule has 94 valence electrons. The summed E-state index contributed by atoms with van der Waals surface area (Å²) >= 11 is 0. The van der Waals surface area contributed by atoms with E-state index < -0.39 is 0 Å². The molecule has 2 heteroatoms. The van der Waals surface area contributed by atoms with Gasteiger partial charge in [-0.05, 0) is 46.6 Å². The highest BCUT2D eigenvalue weighted by Crippen LogP contribution is 2.32. The first kappa shape index (κ1) is 13.7. The van der Waals surface area contributed by atoms with Crippen molar-refractivity contribution in [1.29, 1.82) is 0 Å². The van der Waals surface area contributed by atoms with Crippen LogP contribution < -0.4 is 5.32 Å². The van der Waals surface area contributed by atoms with E-state index in [0.717, 1.165) is 18.4 Å². The standard InChI is InChI=1S/C14H28N2/c1-7-11(2)8-16-9-12(3)13(10-16)14(4,5)15-6/h7,12-13,15H,8-10H2,1-6H3. The lowest BCUT2D eigenvalue weighted by atomic mass is 9.81. The van der Waals surface area contributed by atoms with Crippen molar-refractivity contribution >= 4 is 0 Å². The van der Waals surface area contributed by atoms with Crippen LogP contribution in [0.15, 0.2) is 11.6 Å². The second kappa shape index (κ2) is 5.33. The molecule has 1 aliphatic heterocycles. The van der Waals surface area contributed by atoms with Gasteiger partial charge in [-0.15, -0.1) is 0 Å². The van der Waals surface area contributed by atoms with Crippen molar-refractivity contribution in [2.24, 2.45) is 11.8 Å². The van der Waals surface area contributed by atoms with Gasteiger partial charge >= 0.3 is 0 Å². The molecule has 1 rings (SSSR count). The van der Waals surface area contributed by atoms with Crippen molar-refractivity contribution < 1.29 is 0 Å². The van der Waals surface area contributed by atoms with E-state index in [4.69, 9.17) is 0 Å². The molecule has 1 fully saturated rings. The van der Waals surface area contributed by atoms with Crippen LogP contribution in [0.5, 0.6) is 0 Å². The average molecular weight is 224 g/mol. The van der Waals surface area contributed by atoms with Gasteiger partial charge in [0.05, 0.1) is 0 Å². The Morgan fingerprint density at radius 1 is 1.44 bits per heavy atom. The zero-order valence-corrected chi connectivity index (χ0v) is 11.8. The molecule has 0 saturated carbocycles. The molecule has 2 unspecified atom stereocenters. The number of nitrogens with one attached hydrogen (secondary N) is 1. The summed E-state index contributed by atoms with van der Waals surface area (Å²) in [7, 11) is 2.08. The van der Waals surface area contributed by atoms with Gasteiger partial charge in [-0.2, -0.15) is 0 Å². The summed E-state index contributed by atoms with van der Waals surface area (Å²) in [5.74, 6) is 1.54. The van der Waals surface area contributed by atoms with E-state index in [1.807, 2.05) is 0 Å². The van der Waals surface area contributed by atoms with Gasteiger partial charge in [-0.1, -0.05) is 18.6 Å². The third-order valence-electron chi connectivity index (χ3n) is 4.23. The molecule has 0 aliphatic carbocycles. The second-order valence-corrected chi connectivity index (χ2v) is 5.88. The predicted molar refractivity (Wildman–Crippen MR) is 71.7 cm³/mol. The first-order valence-corrected chi connectivity index (χ1v) is 6.43. The first-order valence-electron chi connectivity index (χ1n) is 6.43. The van der Waals surface area contributed by atoms with E-state index in [1.54, 1.807) is 0 Å². The smallest absolute Gasteiger partial charge is 0.0190 e. The minimum absolute atomic E-state index is 0.248. The molecule has 1 aliphatic rings. The van der Waals surface area contributed by atoms with Crippen molar-refractivity contribution in [3.8, 4) is 0 Å². The largest absolute Gasteiger partial charge is 0.314 e. The molecule has 0 spiro atoms. The Morgan fingerprint density at radius 2 is 2.06 bits per heavy atom. The van der Waals surface area contributed by atoms with E-state index in [9.17, 15) is 0 Å². The van der Waals surface area contributed by atoms with Crippen LogP contribution in [-0.2, 0) is 0 Å². The van der Waals surface area contributed by atoms with E-state index in [0.29, 0.717) is 0 Å². The van der Waals surface area contributed by atoms with Crippen molar-refractivity contribution in [1.82, 2.24) is 10.2 Å². The van der Waals surface area contributed by atoms with Crippen molar-refractivity contribution in [2.45, 2.75) is 40.2 Å². The van der Waals surface area contributed by atoms with Crippen LogP contribution in [-0.4, -0.2) is 37.1 Å². The molecular formula is C14H28N2. The first-order chi connectivity index (χ1) is 7.40. The maximum Gasteiger partial charge on any atom is 0.0190 e. The SMILES string of the molecule is CC=C(C)CN1CC(C)C(C(C)(C)NC)C1. The summed E-state index contributed by atoms with van der Waals surface area (Å²) in [4.78, 5) is 2.59. The molecule has 1 heterocycles. The van der Waals surface area contributed by atoms with E-state index >= 15 is 0 Å². The third kappa shape index (κ3) is 3.08. The van der Waals surface area contributed by atoms with Crippen molar-refractivity contribution in [3.63, 3.8) is 0 Å². The zero-order chi connectivity index (χ0) is 12.3. The summed E-state index contributed by atoms with van der Waals surface area (Å²) in [6.45, 7) is 15.0. The van der Waals surface area contributed by atoms with Gasteiger partial charge in [-0.3, -0.25) is 4.90 Å². The van der Waals surface area contributed by atoms with Gasteiger partial charge < -0.3 is 5.32 Å². The highest BCUT2D eigenvalue weighted by atomic mass is 15.2. The number of hydrogen-bond donors (Lipinski definition) is 1. The fraction of sp³-hybridized carbons (Fsp3) is 0.857. The molecular weight excluding hydrogens is 196 g/mol. The Balaban J connectivity index is 2.60. The van der Waals surface area contributed by atoms with Gasteiger partial charge in [-0.25, -0.2) is 0 Å². The van der Waals surface area contributed by atoms with Crippen LogP contribution in [0.4, 0.5) is 0 Å². The Kier molecular flexibility index (Phi) is 4.57. The molecule has 0 bridgehead atoms. The van der Waals surface area contributed by atoms with Crippen LogP contribution in [0.1, 0.15) is 34.6 Å². The van der Waals surface area contributed by atoms with E-state index in [-0.39, 0.29) is 5.54 Å². The van der Waals surface area contributed by atoms with Crippen LogP contribution >= 0.6 is 0 Å². The zero-order valence-electron chi connectivity index (χ0n) is 11.8. The lowest BCUT2D eigenvalue weighted by Gasteiger charge is -2.34. The number of likely N-dealkylation sites (tertiary alicyclic amines) is 1. The summed E-state index contributed by atoms with van der Waals surface area (Å²) < 4.78 is 0. The fourth-order valence-corrected chi connectivity index (χ4v) is 2.77. The number of allylic oxidation sites excluding steroid dienone is 1. The van der Waals surface area contributed by atoms with E-state index in [1.165, 1.54) is 18.7 Å². The van der Waals surface area contributed by atoms with Gasteiger partial charge in [0.2, 0.25) is 0 Å². The molecule has 0 aromatic heterocycles. The Bertz CT molecular complexity index is 255. The van der Waals surface area contributed by atoms with Crippen molar-refractivity contribution in [3.05, 3.63) is 11.6 Å². The summed E-state index contributed by atoms with van der Waals surface area (Å²) in [6, 6.07) is 0. The molecule has 1 saturated heterocycles. The Labute approximate surface area is 101 Å². The monoisotopic (exact) mass is 224 g/mol. The molecule has 2 nitrogen and oxygen atoms in total. The predicted octanol–water partition coefficient (Wildman–Crippen LogP) is 2.52. The van der Waals surface area contributed by atoms with Crippen LogP contribution in [0, 0.1) is 11.8 Å². The van der Waals surface area contributed by atoms with Gasteiger partial charge in [0.15, 0.2) is 0 Å². The summed E-state index contributed by atoms with van der Waals surface area (Å²) in [5.41, 5.74) is 1.73. The van der Waals surface area contributed by atoms with Gasteiger partial charge in [0, 0.05) is 25.2 Å². The van der Waals surface area contributed by atoms with Crippen molar-refractivity contribution in [2.75, 3.05) is 26.7 Å². The fourth-order valence-electron chi connectivity index (χ4n) is 2.77. The Morgan fingerprint density at radius 3 is 2.56 bits per heavy atom. The lowest BCUT2D eigenvalue weighted by molar-refractivity contribution is 0.232. The summed E-state index contributed by atoms with van der Waals surface area (Å²) in [5, 5.41) is 3.46. The highest BCUT2D eigenvalue weighted by Gasteiger charge is 2.38. The number of rotatable bonds is 4. The quantitative estimate of drug-likeness (QED) is 0.738. The molecule has 0 aromatic rings. The molecule has 1 N–H and O–H groups in total. The molecule has 0 amide bonds.